The van der Waals surface area contributed by atoms with Crippen LogP contribution in [0.5, 0.6) is 0 Å². The maximum absolute atomic E-state index is 8.95. The highest BCUT2D eigenvalue weighted by atomic mass is 16.7. The van der Waals surface area contributed by atoms with Crippen molar-refractivity contribution >= 4 is 0 Å². The third-order valence-electron chi connectivity index (χ3n) is 2.35. The van der Waals surface area contributed by atoms with Gasteiger partial charge in [-0.05, 0) is 34.1 Å². The normalized spacial score (nSPS) is 28.1. The van der Waals surface area contributed by atoms with E-state index in [0.717, 1.165) is 6.42 Å². The Labute approximate surface area is 79.6 Å². The molecule has 0 aromatic rings. The van der Waals surface area contributed by atoms with Gasteiger partial charge in [0.2, 0.25) is 0 Å². The first-order chi connectivity index (χ1) is 5.87. The minimum absolute atomic E-state index is 0.0266. The Morgan fingerprint density at radius 2 is 2.08 bits per heavy atom. The molecule has 0 spiro atoms. The van der Waals surface area contributed by atoms with Crippen LogP contribution in [0.15, 0.2) is 0 Å². The van der Waals surface area contributed by atoms with Gasteiger partial charge < -0.3 is 9.47 Å². The highest BCUT2D eigenvalue weighted by Gasteiger charge is 2.38. The van der Waals surface area contributed by atoms with Crippen LogP contribution in [-0.4, -0.2) is 18.5 Å². The number of nitriles is 1. The second kappa shape index (κ2) is 3.28. The standard InChI is InChI=1S/C10H17NO2/c1-9(2,7-11)8-5-6-12-10(3,4)13-8/h8H,5-6H2,1-4H3/t8-/m0/s1. The van der Waals surface area contributed by atoms with Gasteiger partial charge in [0.1, 0.15) is 0 Å². The Bertz CT molecular complexity index is 228. The summed E-state index contributed by atoms with van der Waals surface area (Å²) in [4.78, 5) is 0. The Morgan fingerprint density at radius 3 is 2.54 bits per heavy atom. The fourth-order valence-corrected chi connectivity index (χ4v) is 1.43. The van der Waals surface area contributed by atoms with Crippen molar-refractivity contribution in [1.82, 2.24) is 0 Å². The second-order valence-corrected chi connectivity index (χ2v) is 4.48. The topological polar surface area (TPSA) is 42.2 Å². The summed E-state index contributed by atoms with van der Waals surface area (Å²) in [6.07, 6.45) is 0.769. The summed E-state index contributed by atoms with van der Waals surface area (Å²) in [5, 5.41) is 8.95. The van der Waals surface area contributed by atoms with Crippen LogP contribution in [0.1, 0.15) is 34.1 Å². The molecule has 1 atom stereocenters. The van der Waals surface area contributed by atoms with Gasteiger partial charge in [-0.1, -0.05) is 0 Å². The van der Waals surface area contributed by atoms with E-state index in [1.165, 1.54) is 0 Å². The molecule has 0 aliphatic carbocycles. The minimum Gasteiger partial charge on any atom is -0.350 e. The lowest BCUT2D eigenvalue weighted by molar-refractivity contribution is -0.286. The molecule has 74 valence electrons. The zero-order chi connectivity index (χ0) is 10.1. The number of hydrogen-bond acceptors (Lipinski definition) is 3. The van der Waals surface area contributed by atoms with Crippen LogP contribution in [0.25, 0.3) is 0 Å². The van der Waals surface area contributed by atoms with Crippen molar-refractivity contribution in [2.24, 2.45) is 5.41 Å². The molecular formula is C10H17NO2. The predicted octanol–water partition coefficient (Wildman–Crippen LogP) is 2.08. The molecule has 0 bridgehead atoms. The van der Waals surface area contributed by atoms with Crippen LogP contribution in [0.2, 0.25) is 0 Å². The number of rotatable bonds is 1. The van der Waals surface area contributed by atoms with E-state index in [2.05, 4.69) is 6.07 Å². The van der Waals surface area contributed by atoms with Crippen LogP contribution in [0, 0.1) is 16.7 Å². The Balaban J connectivity index is 2.68. The van der Waals surface area contributed by atoms with Crippen LogP contribution in [0.4, 0.5) is 0 Å². The number of ether oxygens (including phenoxy) is 2. The Morgan fingerprint density at radius 1 is 1.46 bits per heavy atom. The van der Waals surface area contributed by atoms with Crippen molar-refractivity contribution in [3.8, 4) is 6.07 Å². The maximum atomic E-state index is 8.95. The van der Waals surface area contributed by atoms with E-state index in [9.17, 15) is 0 Å². The minimum atomic E-state index is -0.545. The molecule has 1 fully saturated rings. The fraction of sp³-hybridized carbons (Fsp3) is 0.900. The summed E-state index contributed by atoms with van der Waals surface area (Å²) in [6, 6.07) is 2.27. The molecule has 3 nitrogen and oxygen atoms in total. The Kier molecular flexibility index (Phi) is 2.65. The first-order valence-corrected chi connectivity index (χ1v) is 4.60. The number of hydrogen-bond donors (Lipinski definition) is 0. The average Bonchev–Trinajstić information content (AvgIpc) is 2.03. The summed E-state index contributed by atoms with van der Waals surface area (Å²) < 4.78 is 11.1. The average molecular weight is 183 g/mol. The molecule has 0 aromatic carbocycles. The molecule has 0 aromatic heterocycles. The summed E-state index contributed by atoms with van der Waals surface area (Å²) >= 11 is 0. The van der Waals surface area contributed by atoms with Crippen molar-refractivity contribution in [2.75, 3.05) is 6.61 Å². The molecule has 13 heavy (non-hydrogen) atoms. The van der Waals surface area contributed by atoms with E-state index in [4.69, 9.17) is 14.7 Å². The van der Waals surface area contributed by atoms with E-state index < -0.39 is 11.2 Å². The molecule has 3 heteroatoms. The zero-order valence-corrected chi connectivity index (χ0v) is 8.76. The quantitative estimate of drug-likeness (QED) is 0.625. The van der Waals surface area contributed by atoms with Gasteiger partial charge in [-0.3, -0.25) is 0 Å². The molecule has 1 aliphatic rings. The molecule has 0 amide bonds. The van der Waals surface area contributed by atoms with Gasteiger partial charge in [0.15, 0.2) is 5.79 Å². The van der Waals surface area contributed by atoms with E-state index in [1.807, 2.05) is 27.7 Å². The van der Waals surface area contributed by atoms with Crippen molar-refractivity contribution in [3.05, 3.63) is 0 Å². The zero-order valence-electron chi connectivity index (χ0n) is 8.76. The SMILES string of the molecule is CC1(C)OCC[C@@H](C(C)(C)C#N)O1. The highest BCUT2D eigenvalue weighted by Crippen LogP contribution is 2.32. The maximum Gasteiger partial charge on any atom is 0.163 e. The first kappa shape index (κ1) is 10.5. The summed E-state index contributed by atoms with van der Waals surface area (Å²) in [6.45, 7) is 8.24. The predicted molar refractivity (Wildman–Crippen MR) is 48.9 cm³/mol. The van der Waals surface area contributed by atoms with Gasteiger partial charge in [-0.25, -0.2) is 0 Å². The van der Waals surface area contributed by atoms with Crippen molar-refractivity contribution in [1.29, 1.82) is 5.26 Å². The summed E-state index contributed by atoms with van der Waals surface area (Å²) in [5.74, 6) is -0.545. The first-order valence-electron chi connectivity index (χ1n) is 4.60. The third kappa shape index (κ3) is 2.43. The lowest BCUT2D eigenvalue weighted by atomic mass is 9.86. The van der Waals surface area contributed by atoms with Crippen molar-refractivity contribution < 1.29 is 9.47 Å². The molecule has 1 rings (SSSR count). The molecule has 1 aliphatic heterocycles. The monoisotopic (exact) mass is 183 g/mol. The molecule has 0 saturated carbocycles. The largest absolute Gasteiger partial charge is 0.350 e. The molecular weight excluding hydrogens is 166 g/mol. The van der Waals surface area contributed by atoms with Crippen LogP contribution < -0.4 is 0 Å². The Hall–Kier alpha value is -0.590. The lowest BCUT2D eigenvalue weighted by Gasteiger charge is -2.40. The second-order valence-electron chi connectivity index (χ2n) is 4.48. The van der Waals surface area contributed by atoms with Crippen LogP contribution in [-0.2, 0) is 9.47 Å². The molecule has 0 radical (unpaired) electrons. The summed E-state index contributed by atoms with van der Waals surface area (Å²) in [7, 11) is 0. The van der Waals surface area contributed by atoms with Gasteiger partial charge in [0.05, 0.1) is 24.2 Å². The van der Waals surface area contributed by atoms with Crippen LogP contribution >= 0.6 is 0 Å². The van der Waals surface area contributed by atoms with E-state index >= 15 is 0 Å². The van der Waals surface area contributed by atoms with Crippen molar-refractivity contribution in [2.45, 2.75) is 46.0 Å². The molecule has 0 N–H and O–H groups in total. The van der Waals surface area contributed by atoms with E-state index in [0.29, 0.717) is 6.61 Å². The molecule has 1 heterocycles. The van der Waals surface area contributed by atoms with Gasteiger partial charge in [0.25, 0.3) is 0 Å². The molecule has 0 unspecified atom stereocenters. The van der Waals surface area contributed by atoms with E-state index in [-0.39, 0.29) is 6.10 Å². The van der Waals surface area contributed by atoms with Gasteiger partial charge in [-0.15, -0.1) is 0 Å². The lowest BCUT2D eigenvalue weighted by Crippen LogP contribution is -2.45. The van der Waals surface area contributed by atoms with Gasteiger partial charge in [0, 0.05) is 0 Å². The van der Waals surface area contributed by atoms with Gasteiger partial charge >= 0.3 is 0 Å². The number of nitrogens with zero attached hydrogens (tertiary/aromatic N) is 1. The fourth-order valence-electron chi connectivity index (χ4n) is 1.43. The molecule has 1 saturated heterocycles. The van der Waals surface area contributed by atoms with Crippen molar-refractivity contribution in [3.63, 3.8) is 0 Å². The van der Waals surface area contributed by atoms with Crippen LogP contribution in [0.3, 0.4) is 0 Å². The van der Waals surface area contributed by atoms with Gasteiger partial charge in [-0.2, -0.15) is 5.26 Å². The summed E-state index contributed by atoms with van der Waals surface area (Å²) in [5.41, 5.74) is -0.430. The third-order valence-corrected chi connectivity index (χ3v) is 2.35. The highest BCUT2D eigenvalue weighted by molar-refractivity contribution is 4.99. The smallest absolute Gasteiger partial charge is 0.163 e. The van der Waals surface area contributed by atoms with E-state index in [1.54, 1.807) is 0 Å².